The minimum atomic E-state index is -0.106. The zero-order valence-corrected chi connectivity index (χ0v) is 14.5. The molecule has 6 nitrogen and oxygen atoms in total. The van der Waals surface area contributed by atoms with Gasteiger partial charge in [-0.05, 0) is 36.9 Å². The summed E-state index contributed by atoms with van der Waals surface area (Å²) in [5.41, 5.74) is 2.32. The van der Waals surface area contributed by atoms with Crippen LogP contribution in [0.5, 0.6) is 0 Å². The normalized spacial score (nSPS) is 18.0. The number of rotatable bonds is 3. The van der Waals surface area contributed by atoms with E-state index in [1.54, 1.807) is 37.6 Å². The first-order valence-electron chi connectivity index (χ1n) is 8.31. The summed E-state index contributed by atoms with van der Waals surface area (Å²) in [7, 11) is 3.67. The second kappa shape index (κ2) is 7.44. The van der Waals surface area contributed by atoms with Gasteiger partial charge in [-0.25, -0.2) is 0 Å². The van der Waals surface area contributed by atoms with Gasteiger partial charge >= 0.3 is 0 Å². The molecule has 2 aromatic rings. The minimum absolute atomic E-state index is 0.0166. The molecule has 1 aliphatic heterocycles. The van der Waals surface area contributed by atoms with Gasteiger partial charge in [-0.15, -0.1) is 0 Å². The lowest BCUT2D eigenvalue weighted by molar-refractivity contribution is 0.0545. The van der Waals surface area contributed by atoms with Gasteiger partial charge in [0.1, 0.15) is 0 Å². The summed E-state index contributed by atoms with van der Waals surface area (Å²) in [5, 5.41) is 2.65. The fourth-order valence-corrected chi connectivity index (χ4v) is 3.13. The van der Waals surface area contributed by atoms with E-state index in [1.807, 2.05) is 30.1 Å². The number of nitrogens with zero attached hydrogens (tertiary/aromatic N) is 3. The Kier molecular flexibility index (Phi) is 5.09. The van der Waals surface area contributed by atoms with Crippen molar-refractivity contribution in [1.29, 1.82) is 0 Å². The van der Waals surface area contributed by atoms with E-state index >= 15 is 0 Å². The Morgan fingerprint density at radius 1 is 1.12 bits per heavy atom. The molecule has 25 heavy (non-hydrogen) atoms. The summed E-state index contributed by atoms with van der Waals surface area (Å²) < 4.78 is 0. The maximum absolute atomic E-state index is 12.7. The standard InChI is InChI=1S/C19H22N4O2/c1-20-18(24)16-5-3-4-15(12-16)17-13-23(11-10-22(17)2)19(25)14-6-8-21-9-7-14/h3-9,12,17H,10-11,13H2,1-2H3,(H,20,24). The SMILES string of the molecule is CNC(=O)c1cccc(C2CN(C(=O)c3ccncc3)CCN2C)c1. The lowest BCUT2D eigenvalue weighted by Crippen LogP contribution is -2.49. The van der Waals surface area contributed by atoms with Gasteiger partial charge in [-0.1, -0.05) is 12.1 Å². The van der Waals surface area contributed by atoms with Crippen molar-refractivity contribution in [2.75, 3.05) is 33.7 Å². The number of benzene rings is 1. The summed E-state index contributed by atoms with van der Waals surface area (Å²) in [6.07, 6.45) is 3.27. The highest BCUT2D eigenvalue weighted by Gasteiger charge is 2.29. The van der Waals surface area contributed by atoms with Crippen LogP contribution in [0.25, 0.3) is 0 Å². The van der Waals surface area contributed by atoms with Crippen LogP contribution in [-0.4, -0.2) is 60.3 Å². The van der Waals surface area contributed by atoms with E-state index < -0.39 is 0 Å². The Morgan fingerprint density at radius 3 is 2.60 bits per heavy atom. The van der Waals surface area contributed by atoms with Crippen LogP contribution >= 0.6 is 0 Å². The molecule has 1 aliphatic rings. The monoisotopic (exact) mass is 338 g/mol. The molecule has 1 unspecified atom stereocenters. The second-order valence-electron chi connectivity index (χ2n) is 6.19. The van der Waals surface area contributed by atoms with Gasteiger partial charge in [0, 0.05) is 50.2 Å². The van der Waals surface area contributed by atoms with Gasteiger partial charge in [0.15, 0.2) is 0 Å². The first-order chi connectivity index (χ1) is 12.1. The Labute approximate surface area is 147 Å². The maximum atomic E-state index is 12.7. The average molecular weight is 338 g/mol. The third kappa shape index (κ3) is 3.69. The summed E-state index contributed by atoms with van der Waals surface area (Å²) >= 11 is 0. The highest BCUT2D eigenvalue weighted by Crippen LogP contribution is 2.25. The van der Waals surface area contributed by atoms with Gasteiger partial charge < -0.3 is 10.2 Å². The summed E-state index contributed by atoms with van der Waals surface area (Å²) in [4.78, 5) is 32.7. The van der Waals surface area contributed by atoms with Crippen molar-refractivity contribution in [2.45, 2.75) is 6.04 Å². The lowest BCUT2D eigenvalue weighted by atomic mass is 10.00. The quantitative estimate of drug-likeness (QED) is 0.923. The van der Waals surface area contributed by atoms with Crippen molar-refractivity contribution in [1.82, 2.24) is 20.1 Å². The number of carbonyl (C=O) groups is 2. The summed E-state index contributed by atoms with van der Waals surface area (Å²) in [6, 6.07) is 11.1. The Bertz CT molecular complexity index is 763. The Balaban J connectivity index is 1.82. The molecule has 0 spiro atoms. The molecule has 0 radical (unpaired) electrons. The van der Waals surface area contributed by atoms with Crippen molar-refractivity contribution in [2.24, 2.45) is 0 Å². The Morgan fingerprint density at radius 2 is 1.88 bits per heavy atom. The molecule has 1 N–H and O–H groups in total. The largest absolute Gasteiger partial charge is 0.355 e. The first kappa shape index (κ1) is 17.1. The van der Waals surface area contributed by atoms with E-state index in [9.17, 15) is 9.59 Å². The topological polar surface area (TPSA) is 65.5 Å². The van der Waals surface area contributed by atoms with Gasteiger partial charge in [0.2, 0.25) is 0 Å². The summed E-state index contributed by atoms with van der Waals surface area (Å²) in [5.74, 6) is -0.0898. The number of carbonyl (C=O) groups excluding carboxylic acids is 2. The lowest BCUT2D eigenvalue weighted by Gasteiger charge is -2.39. The maximum Gasteiger partial charge on any atom is 0.254 e. The molecule has 1 aromatic carbocycles. The van der Waals surface area contributed by atoms with E-state index in [1.165, 1.54) is 0 Å². The zero-order chi connectivity index (χ0) is 17.8. The molecule has 2 amide bonds. The molecule has 1 fully saturated rings. The molecule has 0 bridgehead atoms. The van der Waals surface area contributed by atoms with Crippen LogP contribution in [0.2, 0.25) is 0 Å². The van der Waals surface area contributed by atoms with Gasteiger partial charge in [0.25, 0.3) is 11.8 Å². The number of aromatic nitrogens is 1. The van der Waals surface area contributed by atoms with E-state index in [2.05, 4.69) is 15.2 Å². The van der Waals surface area contributed by atoms with Crippen LogP contribution in [0.4, 0.5) is 0 Å². The van der Waals surface area contributed by atoms with Crippen LogP contribution in [0.1, 0.15) is 32.3 Å². The van der Waals surface area contributed by atoms with E-state index in [0.717, 1.165) is 12.1 Å². The van der Waals surface area contributed by atoms with Crippen molar-refractivity contribution in [3.63, 3.8) is 0 Å². The number of hydrogen-bond acceptors (Lipinski definition) is 4. The number of likely N-dealkylation sites (N-methyl/N-ethyl adjacent to an activating group) is 1. The number of pyridine rings is 1. The molecule has 0 saturated carbocycles. The van der Waals surface area contributed by atoms with Crippen LogP contribution in [0, 0.1) is 0 Å². The highest BCUT2D eigenvalue weighted by atomic mass is 16.2. The molecule has 3 rings (SSSR count). The molecule has 6 heteroatoms. The Hall–Kier alpha value is -2.73. The van der Waals surface area contributed by atoms with Crippen molar-refractivity contribution < 1.29 is 9.59 Å². The first-order valence-corrected chi connectivity index (χ1v) is 8.31. The van der Waals surface area contributed by atoms with Crippen molar-refractivity contribution >= 4 is 11.8 Å². The van der Waals surface area contributed by atoms with Crippen molar-refractivity contribution in [3.8, 4) is 0 Å². The van der Waals surface area contributed by atoms with Crippen LogP contribution in [-0.2, 0) is 0 Å². The van der Waals surface area contributed by atoms with Crippen molar-refractivity contribution in [3.05, 3.63) is 65.5 Å². The number of piperazine rings is 1. The van der Waals surface area contributed by atoms with E-state index in [4.69, 9.17) is 0 Å². The van der Waals surface area contributed by atoms with Gasteiger partial charge in [-0.3, -0.25) is 19.5 Å². The molecule has 1 atom stereocenters. The second-order valence-corrected chi connectivity index (χ2v) is 6.19. The van der Waals surface area contributed by atoms with Crippen LogP contribution < -0.4 is 5.32 Å². The molecule has 2 heterocycles. The summed E-state index contributed by atoms with van der Waals surface area (Å²) in [6.45, 7) is 2.06. The van der Waals surface area contributed by atoms with E-state index in [0.29, 0.717) is 24.2 Å². The van der Waals surface area contributed by atoms with E-state index in [-0.39, 0.29) is 17.9 Å². The smallest absolute Gasteiger partial charge is 0.254 e. The molecule has 1 aromatic heterocycles. The molecule has 0 aliphatic carbocycles. The highest BCUT2D eigenvalue weighted by molar-refractivity contribution is 5.94. The predicted molar refractivity (Wildman–Crippen MR) is 95.3 cm³/mol. The third-order valence-electron chi connectivity index (χ3n) is 4.62. The van der Waals surface area contributed by atoms with Gasteiger partial charge in [-0.2, -0.15) is 0 Å². The zero-order valence-electron chi connectivity index (χ0n) is 14.5. The molecule has 130 valence electrons. The fourth-order valence-electron chi connectivity index (χ4n) is 3.13. The van der Waals surface area contributed by atoms with Crippen LogP contribution in [0.3, 0.4) is 0 Å². The number of amides is 2. The third-order valence-corrected chi connectivity index (χ3v) is 4.62. The fraction of sp³-hybridized carbons (Fsp3) is 0.316. The number of hydrogen-bond donors (Lipinski definition) is 1. The molecular formula is C19H22N4O2. The van der Waals surface area contributed by atoms with Gasteiger partial charge in [0.05, 0.1) is 6.04 Å². The number of nitrogens with one attached hydrogen (secondary N) is 1. The molecular weight excluding hydrogens is 316 g/mol. The average Bonchev–Trinajstić information content (AvgIpc) is 2.68. The minimum Gasteiger partial charge on any atom is -0.355 e. The van der Waals surface area contributed by atoms with Crippen LogP contribution in [0.15, 0.2) is 48.8 Å². The molecule has 1 saturated heterocycles. The predicted octanol–water partition coefficient (Wildman–Crippen LogP) is 1.57.